The second-order valence-electron chi connectivity index (χ2n) is 4.72. The van der Waals surface area contributed by atoms with Crippen molar-refractivity contribution in [2.75, 3.05) is 5.32 Å². The molecule has 0 aliphatic heterocycles. The van der Waals surface area contributed by atoms with Gasteiger partial charge in [0, 0.05) is 10.6 Å². The number of halogens is 2. The van der Waals surface area contributed by atoms with Crippen LogP contribution < -0.4 is 5.32 Å². The first kappa shape index (κ1) is 15.6. The molecule has 0 amide bonds. The maximum atomic E-state index is 6.19. The summed E-state index contributed by atoms with van der Waals surface area (Å²) in [6.07, 6.45) is 1.72. The van der Waals surface area contributed by atoms with Crippen LogP contribution in [-0.2, 0) is 13.1 Å². The smallest absolute Gasteiger partial charge is 0.243 e. The van der Waals surface area contributed by atoms with Gasteiger partial charge in [0.1, 0.15) is 11.5 Å². The summed E-state index contributed by atoms with van der Waals surface area (Å²) in [4.78, 5) is 0. The first-order valence-electron chi connectivity index (χ1n) is 6.82. The van der Waals surface area contributed by atoms with Crippen molar-refractivity contribution in [3.63, 3.8) is 0 Å². The van der Waals surface area contributed by atoms with Gasteiger partial charge in [0.25, 0.3) is 0 Å². The minimum absolute atomic E-state index is 0.447. The maximum absolute atomic E-state index is 6.19. The number of tetrazole rings is 1. The molecule has 3 aromatic rings. The number of allylic oxidation sites excluding steroid dienone is 1. The van der Waals surface area contributed by atoms with E-state index in [-0.39, 0.29) is 0 Å². The standard InChI is InChI=1S/C15H13Cl2N5O/c1-2-7-22-15(19-20-21-22)18-9-11-4-6-14(23-11)12-5-3-10(16)8-13(12)17/h2-6,8H,1,7,9H2,(H,18,19,21). The monoisotopic (exact) mass is 349 g/mol. The van der Waals surface area contributed by atoms with Gasteiger partial charge in [0.05, 0.1) is 18.1 Å². The molecule has 0 unspecified atom stereocenters. The second kappa shape index (κ2) is 6.85. The van der Waals surface area contributed by atoms with Crippen molar-refractivity contribution >= 4 is 29.2 Å². The Hall–Kier alpha value is -2.31. The lowest BCUT2D eigenvalue weighted by Gasteiger charge is -2.04. The summed E-state index contributed by atoms with van der Waals surface area (Å²) >= 11 is 12.1. The van der Waals surface area contributed by atoms with Crippen LogP contribution in [0, 0.1) is 0 Å². The Morgan fingerprint density at radius 2 is 2.13 bits per heavy atom. The van der Waals surface area contributed by atoms with Gasteiger partial charge >= 0.3 is 0 Å². The number of aromatic nitrogens is 4. The number of anilines is 1. The molecular weight excluding hydrogens is 337 g/mol. The number of hydrogen-bond donors (Lipinski definition) is 1. The van der Waals surface area contributed by atoms with Crippen molar-refractivity contribution in [1.82, 2.24) is 20.2 Å². The van der Waals surface area contributed by atoms with Crippen molar-refractivity contribution in [2.45, 2.75) is 13.1 Å². The zero-order valence-electron chi connectivity index (χ0n) is 12.0. The predicted octanol–water partition coefficient (Wildman–Crippen LogP) is 4.04. The van der Waals surface area contributed by atoms with Crippen LogP contribution in [0.1, 0.15) is 5.76 Å². The highest BCUT2D eigenvalue weighted by atomic mass is 35.5. The normalized spacial score (nSPS) is 10.7. The molecule has 23 heavy (non-hydrogen) atoms. The Labute approximate surface area is 142 Å². The highest BCUT2D eigenvalue weighted by Gasteiger charge is 2.10. The maximum Gasteiger partial charge on any atom is 0.243 e. The van der Waals surface area contributed by atoms with Gasteiger partial charge in [-0.1, -0.05) is 34.4 Å². The molecule has 0 spiro atoms. The lowest BCUT2D eigenvalue weighted by Crippen LogP contribution is -2.07. The highest BCUT2D eigenvalue weighted by Crippen LogP contribution is 2.31. The summed E-state index contributed by atoms with van der Waals surface area (Å²) in [5.41, 5.74) is 0.791. The molecule has 0 aliphatic rings. The van der Waals surface area contributed by atoms with Gasteiger partial charge in [-0.15, -0.1) is 6.58 Å². The van der Waals surface area contributed by atoms with Gasteiger partial charge in [-0.2, -0.15) is 0 Å². The van der Waals surface area contributed by atoms with Gasteiger partial charge in [0.15, 0.2) is 0 Å². The van der Waals surface area contributed by atoms with E-state index in [9.17, 15) is 0 Å². The summed E-state index contributed by atoms with van der Waals surface area (Å²) in [5, 5.41) is 15.6. The van der Waals surface area contributed by atoms with Crippen LogP contribution in [0.3, 0.4) is 0 Å². The van der Waals surface area contributed by atoms with Crippen LogP contribution in [0.15, 0.2) is 47.4 Å². The van der Waals surface area contributed by atoms with E-state index in [0.29, 0.717) is 34.8 Å². The van der Waals surface area contributed by atoms with Gasteiger partial charge in [0.2, 0.25) is 5.95 Å². The summed E-state index contributed by atoms with van der Waals surface area (Å²) < 4.78 is 7.40. The number of nitrogens with zero attached hydrogens (tertiary/aromatic N) is 4. The van der Waals surface area contributed by atoms with Crippen molar-refractivity contribution < 1.29 is 4.42 Å². The molecule has 6 nitrogen and oxygen atoms in total. The number of rotatable bonds is 6. The van der Waals surface area contributed by atoms with Gasteiger partial charge in [-0.3, -0.25) is 0 Å². The third-order valence-electron chi connectivity index (χ3n) is 3.11. The summed E-state index contributed by atoms with van der Waals surface area (Å²) in [7, 11) is 0. The van der Waals surface area contributed by atoms with Gasteiger partial charge in [-0.25, -0.2) is 4.68 Å². The van der Waals surface area contributed by atoms with Crippen LogP contribution >= 0.6 is 23.2 Å². The van der Waals surface area contributed by atoms with Gasteiger partial charge in [-0.05, 0) is 40.8 Å². The third-order valence-corrected chi connectivity index (χ3v) is 3.66. The van der Waals surface area contributed by atoms with E-state index in [1.54, 1.807) is 22.9 Å². The predicted molar refractivity (Wildman–Crippen MR) is 89.5 cm³/mol. The number of nitrogens with one attached hydrogen (secondary N) is 1. The number of hydrogen-bond acceptors (Lipinski definition) is 5. The fourth-order valence-corrected chi connectivity index (χ4v) is 2.55. The molecule has 1 N–H and O–H groups in total. The van der Waals surface area contributed by atoms with Crippen molar-refractivity contribution in [3.05, 3.63) is 58.8 Å². The average Bonchev–Trinajstić information content (AvgIpc) is 3.15. The average molecular weight is 350 g/mol. The Kier molecular flexibility index (Phi) is 4.64. The van der Waals surface area contributed by atoms with Crippen LogP contribution in [-0.4, -0.2) is 20.2 Å². The molecule has 0 radical (unpaired) electrons. The van der Waals surface area contributed by atoms with Gasteiger partial charge < -0.3 is 9.73 Å². The van der Waals surface area contributed by atoms with Crippen LogP contribution in [0.5, 0.6) is 0 Å². The van der Waals surface area contributed by atoms with E-state index in [1.807, 2.05) is 18.2 Å². The van der Waals surface area contributed by atoms with Crippen LogP contribution in [0.25, 0.3) is 11.3 Å². The van der Waals surface area contributed by atoms with E-state index < -0.39 is 0 Å². The molecule has 2 aromatic heterocycles. The minimum atomic E-state index is 0.447. The van der Waals surface area contributed by atoms with E-state index in [1.165, 1.54) is 0 Å². The Morgan fingerprint density at radius 3 is 2.91 bits per heavy atom. The SMILES string of the molecule is C=CCn1nnnc1NCc1ccc(-c2ccc(Cl)cc2Cl)o1. The molecule has 0 atom stereocenters. The van der Waals surface area contributed by atoms with Crippen molar-refractivity contribution in [3.8, 4) is 11.3 Å². The highest BCUT2D eigenvalue weighted by molar-refractivity contribution is 6.36. The number of benzene rings is 1. The zero-order valence-corrected chi connectivity index (χ0v) is 13.6. The fourth-order valence-electron chi connectivity index (χ4n) is 2.05. The molecule has 0 aliphatic carbocycles. The Morgan fingerprint density at radius 1 is 1.26 bits per heavy atom. The largest absolute Gasteiger partial charge is 0.459 e. The topological polar surface area (TPSA) is 68.8 Å². The second-order valence-corrected chi connectivity index (χ2v) is 5.56. The summed E-state index contributed by atoms with van der Waals surface area (Å²) in [6.45, 7) is 4.64. The van der Waals surface area contributed by atoms with E-state index in [4.69, 9.17) is 27.6 Å². The van der Waals surface area contributed by atoms with E-state index >= 15 is 0 Å². The Balaban J connectivity index is 1.72. The molecular formula is C15H13Cl2N5O. The fraction of sp³-hybridized carbons (Fsp3) is 0.133. The molecule has 0 bridgehead atoms. The molecule has 0 saturated heterocycles. The molecule has 118 valence electrons. The number of furan rings is 1. The minimum Gasteiger partial charge on any atom is -0.459 e. The molecule has 3 rings (SSSR count). The lowest BCUT2D eigenvalue weighted by molar-refractivity contribution is 0.529. The molecule has 1 aromatic carbocycles. The zero-order chi connectivity index (χ0) is 16.2. The molecule has 2 heterocycles. The van der Waals surface area contributed by atoms with E-state index in [2.05, 4.69) is 27.4 Å². The quantitative estimate of drug-likeness (QED) is 0.680. The molecule has 0 fully saturated rings. The lowest BCUT2D eigenvalue weighted by atomic mass is 10.2. The summed E-state index contributed by atoms with van der Waals surface area (Å²) in [5.74, 6) is 1.96. The first-order valence-corrected chi connectivity index (χ1v) is 7.58. The molecule has 0 saturated carbocycles. The first-order chi connectivity index (χ1) is 11.2. The van der Waals surface area contributed by atoms with Crippen molar-refractivity contribution in [1.29, 1.82) is 0 Å². The van der Waals surface area contributed by atoms with Crippen molar-refractivity contribution in [2.24, 2.45) is 0 Å². The van der Waals surface area contributed by atoms with Crippen LogP contribution in [0.2, 0.25) is 10.0 Å². The van der Waals surface area contributed by atoms with Crippen LogP contribution in [0.4, 0.5) is 5.95 Å². The van der Waals surface area contributed by atoms with E-state index in [0.717, 1.165) is 11.3 Å². The third kappa shape index (κ3) is 3.55. The Bertz CT molecular complexity index is 827. The summed E-state index contributed by atoms with van der Waals surface area (Å²) in [6, 6.07) is 9.01. The molecule has 8 heteroatoms.